The van der Waals surface area contributed by atoms with Crippen LogP contribution in [0.2, 0.25) is 10.0 Å². The third-order valence-corrected chi connectivity index (χ3v) is 3.06. The van der Waals surface area contributed by atoms with Crippen molar-refractivity contribution in [3.05, 3.63) is 57.8 Å². The molecule has 0 spiro atoms. The van der Waals surface area contributed by atoms with Gasteiger partial charge in [0.05, 0.1) is 21.3 Å². The second-order valence-corrected chi connectivity index (χ2v) is 4.63. The Hall–Kier alpha value is -1.78. The van der Waals surface area contributed by atoms with Gasteiger partial charge in [0.25, 0.3) is 5.91 Å². The monoisotopic (exact) mass is 298 g/mol. The number of hydrogen-bond acceptors (Lipinski definition) is 2. The van der Waals surface area contributed by atoms with Crippen molar-refractivity contribution in [3.8, 4) is 0 Å². The number of anilines is 2. The summed E-state index contributed by atoms with van der Waals surface area (Å²) in [5.41, 5.74) is 6.59. The maximum Gasteiger partial charge on any atom is 0.257 e. The molecule has 0 atom stereocenters. The number of hydrogen-bond donors (Lipinski definition) is 2. The lowest BCUT2D eigenvalue weighted by atomic mass is 10.2. The Balaban J connectivity index is 2.28. The molecule has 19 heavy (non-hydrogen) atoms. The van der Waals surface area contributed by atoms with Crippen molar-refractivity contribution in [2.45, 2.75) is 0 Å². The lowest BCUT2D eigenvalue weighted by Gasteiger charge is -2.09. The first-order chi connectivity index (χ1) is 8.97. The molecule has 0 bridgehead atoms. The second-order valence-electron chi connectivity index (χ2n) is 3.82. The quantitative estimate of drug-likeness (QED) is 0.824. The summed E-state index contributed by atoms with van der Waals surface area (Å²) in [4.78, 5) is 12.0. The second kappa shape index (κ2) is 5.47. The summed E-state index contributed by atoms with van der Waals surface area (Å²) in [5, 5.41) is 2.94. The first-order valence-electron chi connectivity index (χ1n) is 5.29. The van der Waals surface area contributed by atoms with Gasteiger partial charge in [-0.3, -0.25) is 4.79 Å². The van der Waals surface area contributed by atoms with Gasteiger partial charge >= 0.3 is 0 Å². The highest BCUT2D eigenvalue weighted by molar-refractivity contribution is 6.36. The van der Waals surface area contributed by atoms with Crippen molar-refractivity contribution in [1.82, 2.24) is 0 Å². The summed E-state index contributed by atoms with van der Waals surface area (Å²) in [6.45, 7) is 0. The lowest BCUT2D eigenvalue weighted by Crippen LogP contribution is -2.13. The molecule has 3 nitrogen and oxygen atoms in total. The molecule has 6 heteroatoms. The zero-order valence-corrected chi connectivity index (χ0v) is 11.1. The van der Waals surface area contributed by atoms with Gasteiger partial charge in [0.1, 0.15) is 5.82 Å². The van der Waals surface area contributed by atoms with E-state index >= 15 is 0 Å². The van der Waals surface area contributed by atoms with E-state index in [2.05, 4.69) is 5.32 Å². The van der Waals surface area contributed by atoms with Crippen LogP contribution in [0, 0.1) is 5.82 Å². The molecule has 1 amide bonds. The highest BCUT2D eigenvalue weighted by Crippen LogP contribution is 2.26. The maximum absolute atomic E-state index is 12.9. The van der Waals surface area contributed by atoms with Gasteiger partial charge in [-0.1, -0.05) is 23.2 Å². The van der Waals surface area contributed by atoms with Crippen LogP contribution in [0.15, 0.2) is 36.4 Å². The zero-order valence-electron chi connectivity index (χ0n) is 9.58. The average molecular weight is 299 g/mol. The molecular weight excluding hydrogens is 290 g/mol. The number of nitrogens with two attached hydrogens (primary N) is 1. The molecule has 0 aliphatic rings. The van der Waals surface area contributed by atoms with E-state index < -0.39 is 11.7 Å². The predicted octanol–water partition coefficient (Wildman–Crippen LogP) is 3.97. The minimum Gasteiger partial charge on any atom is -0.399 e. The van der Waals surface area contributed by atoms with Gasteiger partial charge in [-0.15, -0.1) is 0 Å². The lowest BCUT2D eigenvalue weighted by molar-refractivity contribution is 0.102. The largest absolute Gasteiger partial charge is 0.399 e. The minimum atomic E-state index is -0.511. The van der Waals surface area contributed by atoms with Crippen LogP contribution in [0.25, 0.3) is 0 Å². The summed E-state index contributed by atoms with van der Waals surface area (Å²) < 4.78 is 12.9. The Kier molecular flexibility index (Phi) is 3.93. The van der Waals surface area contributed by atoms with Crippen molar-refractivity contribution >= 4 is 40.5 Å². The summed E-state index contributed by atoms with van der Waals surface area (Å²) in [5.74, 6) is -0.999. The van der Waals surface area contributed by atoms with Crippen LogP contribution in [0.4, 0.5) is 15.8 Å². The number of benzene rings is 2. The number of rotatable bonds is 2. The summed E-state index contributed by atoms with van der Waals surface area (Å²) >= 11 is 11.7. The number of nitrogens with one attached hydrogen (secondary N) is 1. The van der Waals surface area contributed by atoms with Crippen molar-refractivity contribution < 1.29 is 9.18 Å². The van der Waals surface area contributed by atoms with E-state index in [-0.39, 0.29) is 10.6 Å². The van der Waals surface area contributed by atoms with Crippen LogP contribution < -0.4 is 11.1 Å². The first-order valence-corrected chi connectivity index (χ1v) is 6.04. The number of nitrogen functional groups attached to an aromatic ring is 1. The third-order valence-electron chi connectivity index (χ3n) is 2.41. The Bertz CT molecular complexity index is 647. The Morgan fingerprint density at radius 1 is 1.11 bits per heavy atom. The highest BCUT2D eigenvalue weighted by atomic mass is 35.5. The molecule has 0 saturated heterocycles. The fourth-order valence-electron chi connectivity index (χ4n) is 1.50. The van der Waals surface area contributed by atoms with Crippen molar-refractivity contribution in [1.29, 1.82) is 0 Å². The summed E-state index contributed by atoms with van der Waals surface area (Å²) in [7, 11) is 0. The number of amides is 1. The van der Waals surface area contributed by atoms with Gasteiger partial charge in [0, 0.05) is 5.69 Å². The van der Waals surface area contributed by atoms with Crippen LogP contribution in [0.5, 0.6) is 0 Å². The van der Waals surface area contributed by atoms with E-state index in [9.17, 15) is 9.18 Å². The third kappa shape index (κ3) is 3.16. The standard InChI is InChI=1S/C13H9Cl2FN2O/c14-10-4-2-8(17)6-12(10)18-13(19)9-3-1-7(16)5-11(9)15/h1-6H,17H2,(H,18,19). The van der Waals surface area contributed by atoms with E-state index in [0.29, 0.717) is 16.4 Å². The molecular formula is C13H9Cl2FN2O. The van der Waals surface area contributed by atoms with Gasteiger partial charge in [-0.25, -0.2) is 4.39 Å². The van der Waals surface area contributed by atoms with Crippen LogP contribution in [0.1, 0.15) is 10.4 Å². The molecule has 0 unspecified atom stereocenters. The number of carbonyl (C=O) groups is 1. The van der Waals surface area contributed by atoms with Gasteiger partial charge in [-0.2, -0.15) is 0 Å². The van der Waals surface area contributed by atoms with Crippen LogP contribution in [-0.2, 0) is 0 Å². The average Bonchev–Trinajstić information content (AvgIpc) is 2.33. The number of halogens is 3. The smallest absolute Gasteiger partial charge is 0.257 e. The van der Waals surface area contributed by atoms with Gasteiger partial charge in [0.2, 0.25) is 0 Å². The van der Waals surface area contributed by atoms with E-state index in [4.69, 9.17) is 28.9 Å². The summed E-state index contributed by atoms with van der Waals surface area (Å²) in [6, 6.07) is 8.23. The molecule has 0 aliphatic heterocycles. The van der Waals surface area contributed by atoms with Crippen molar-refractivity contribution in [3.63, 3.8) is 0 Å². The normalized spacial score (nSPS) is 10.3. The summed E-state index contributed by atoms with van der Waals surface area (Å²) in [6.07, 6.45) is 0. The van der Waals surface area contributed by atoms with E-state index in [1.807, 2.05) is 0 Å². The maximum atomic E-state index is 12.9. The molecule has 0 saturated carbocycles. The van der Waals surface area contributed by atoms with Crippen molar-refractivity contribution in [2.24, 2.45) is 0 Å². The zero-order chi connectivity index (χ0) is 14.0. The molecule has 3 N–H and O–H groups in total. The molecule has 2 rings (SSSR count). The Morgan fingerprint density at radius 2 is 1.84 bits per heavy atom. The highest BCUT2D eigenvalue weighted by Gasteiger charge is 2.13. The van der Waals surface area contributed by atoms with Gasteiger partial charge in [-0.05, 0) is 36.4 Å². The number of carbonyl (C=O) groups excluding carboxylic acids is 1. The van der Waals surface area contributed by atoms with Crippen LogP contribution in [-0.4, -0.2) is 5.91 Å². The van der Waals surface area contributed by atoms with Gasteiger partial charge in [0.15, 0.2) is 0 Å². The molecule has 0 aliphatic carbocycles. The molecule has 2 aromatic carbocycles. The van der Waals surface area contributed by atoms with E-state index in [1.54, 1.807) is 12.1 Å². The van der Waals surface area contributed by atoms with E-state index in [0.717, 1.165) is 12.1 Å². The molecule has 0 heterocycles. The first kappa shape index (κ1) is 13.6. The molecule has 0 aromatic heterocycles. The van der Waals surface area contributed by atoms with Crippen LogP contribution >= 0.6 is 23.2 Å². The molecule has 0 fully saturated rings. The minimum absolute atomic E-state index is 0.0255. The Labute approximate surface area is 119 Å². The molecule has 98 valence electrons. The van der Waals surface area contributed by atoms with Crippen molar-refractivity contribution in [2.75, 3.05) is 11.1 Å². The fraction of sp³-hybridized carbons (Fsp3) is 0. The molecule has 0 radical (unpaired) electrons. The van der Waals surface area contributed by atoms with E-state index in [1.165, 1.54) is 12.1 Å². The SMILES string of the molecule is Nc1ccc(Cl)c(NC(=O)c2ccc(F)cc2Cl)c1. The van der Waals surface area contributed by atoms with Gasteiger partial charge < -0.3 is 11.1 Å². The fourth-order valence-corrected chi connectivity index (χ4v) is 1.92. The Morgan fingerprint density at radius 3 is 2.53 bits per heavy atom. The van der Waals surface area contributed by atoms with Crippen LogP contribution in [0.3, 0.4) is 0 Å². The topological polar surface area (TPSA) is 55.1 Å². The molecule has 2 aromatic rings. The predicted molar refractivity (Wildman–Crippen MR) is 75.2 cm³/mol.